The second-order valence-corrected chi connectivity index (χ2v) is 5.55. The Hall–Kier alpha value is -0.410. The van der Waals surface area contributed by atoms with Gasteiger partial charge < -0.3 is 5.32 Å². The average Bonchev–Trinajstić information content (AvgIpc) is 2.74. The molecule has 0 aromatic carbocycles. The molecule has 2 rings (SSSR count). The predicted octanol–water partition coefficient (Wildman–Crippen LogP) is 3.37. The SMILES string of the molecule is C[C@H](N[C@H]1CCCC[C@@H]1C)c1nccs1. The summed E-state index contributed by atoms with van der Waals surface area (Å²) in [5, 5.41) is 6.99. The van der Waals surface area contributed by atoms with E-state index in [1.54, 1.807) is 11.3 Å². The molecule has 3 atom stereocenters. The van der Waals surface area contributed by atoms with Crippen molar-refractivity contribution in [2.75, 3.05) is 0 Å². The van der Waals surface area contributed by atoms with Gasteiger partial charge >= 0.3 is 0 Å². The Kier molecular flexibility index (Phi) is 3.76. The maximum Gasteiger partial charge on any atom is 0.109 e. The lowest BCUT2D eigenvalue weighted by atomic mass is 9.85. The normalized spacial score (nSPS) is 28.9. The maximum absolute atomic E-state index is 4.36. The van der Waals surface area contributed by atoms with Crippen molar-refractivity contribution >= 4 is 11.3 Å². The quantitative estimate of drug-likeness (QED) is 0.851. The molecule has 84 valence electrons. The van der Waals surface area contributed by atoms with Gasteiger partial charge in [-0.2, -0.15) is 0 Å². The molecule has 1 aromatic heterocycles. The average molecular weight is 224 g/mol. The van der Waals surface area contributed by atoms with E-state index < -0.39 is 0 Å². The van der Waals surface area contributed by atoms with Gasteiger partial charge in [0.25, 0.3) is 0 Å². The molecule has 1 aromatic rings. The number of nitrogens with one attached hydrogen (secondary N) is 1. The van der Waals surface area contributed by atoms with Crippen molar-refractivity contribution in [3.8, 4) is 0 Å². The lowest BCUT2D eigenvalue weighted by molar-refractivity contribution is 0.263. The van der Waals surface area contributed by atoms with Gasteiger partial charge in [0.05, 0.1) is 6.04 Å². The molecule has 1 saturated carbocycles. The zero-order chi connectivity index (χ0) is 10.7. The topological polar surface area (TPSA) is 24.9 Å². The Morgan fingerprint density at radius 1 is 1.47 bits per heavy atom. The highest BCUT2D eigenvalue weighted by Crippen LogP contribution is 2.26. The van der Waals surface area contributed by atoms with Gasteiger partial charge in [-0.3, -0.25) is 0 Å². The minimum absolute atomic E-state index is 0.413. The van der Waals surface area contributed by atoms with Crippen molar-refractivity contribution in [1.82, 2.24) is 10.3 Å². The lowest BCUT2D eigenvalue weighted by Crippen LogP contribution is -2.38. The van der Waals surface area contributed by atoms with Crippen LogP contribution in [0.2, 0.25) is 0 Å². The van der Waals surface area contributed by atoms with Gasteiger partial charge in [-0.05, 0) is 25.7 Å². The van der Waals surface area contributed by atoms with Gasteiger partial charge in [-0.25, -0.2) is 4.98 Å². The number of hydrogen-bond donors (Lipinski definition) is 1. The third-order valence-electron chi connectivity index (χ3n) is 3.40. The molecular formula is C12H20N2S. The third kappa shape index (κ3) is 2.79. The molecule has 0 spiro atoms. The van der Waals surface area contributed by atoms with Gasteiger partial charge in [-0.1, -0.05) is 19.8 Å². The first-order valence-corrected chi connectivity index (χ1v) is 6.81. The number of rotatable bonds is 3. The maximum atomic E-state index is 4.36. The van der Waals surface area contributed by atoms with Crippen LogP contribution in [0.1, 0.15) is 50.6 Å². The first-order chi connectivity index (χ1) is 7.27. The molecule has 0 saturated heterocycles. The molecule has 1 N–H and O–H groups in total. The van der Waals surface area contributed by atoms with Crippen LogP contribution in [0.3, 0.4) is 0 Å². The summed E-state index contributed by atoms with van der Waals surface area (Å²) in [5.74, 6) is 0.821. The minimum atomic E-state index is 0.413. The summed E-state index contributed by atoms with van der Waals surface area (Å²) in [4.78, 5) is 4.36. The van der Waals surface area contributed by atoms with Gasteiger partial charge in [0.15, 0.2) is 0 Å². The molecule has 0 aliphatic heterocycles. The van der Waals surface area contributed by atoms with Crippen LogP contribution >= 0.6 is 11.3 Å². The Bertz CT molecular complexity index is 284. The van der Waals surface area contributed by atoms with E-state index in [1.165, 1.54) is 30.7 Å². The van der Waals surface area contributed by atoms with Crippen LogP contribution in [0.5, 0.6) is 0 Å². The first kappa shape index (κ1) is 11.1. The van der Waals surface area contributed by atoms with Crippen molar-refractivity contribution in [2.24, 2.45) is 5.92 Å². The molecule has 15 heavy (non-hydrogen) atoms. The van der Waals surface area contributed by atoms with E-state index in [0.717, 1.165) is 5.92 Å². The van der Waals surface area contributed by atoms with Crippen molar-refractivity contribution < 1.29 is 0 Å². The lowest BCUT2D eigenvalue weighted by Gasteiger charge is -2.31. The highest BCUT2D eigenvalue weighted by Gasteiger charge is 2.23. The van der Waals surface area contributed by atoms with Crippen LogP contribution in [0.25, 0.3) is 0 Å². The fourth-order valence-electron chi connectivity index (χ4n) is 2.40. The standard InChI is InChI=1S/C12H20N2S/c1-9-5-3-4-6-11(9)14-10(2)12-13-7-8-15-12/h7-11,14H,3-6H2,1-2H3/t9-,10-,11-/m0/s1. The fourth-order valence-corrected chi connectivity index (χ4v) is 3.06. The summed E-state index contributed by atoms with van der Waals surface area (Å²) in [7, 11) is 0. The Balaban J connectivity index is 1.90. The molecule has 0 radical (unpaired) electrons. The Labute approximate surface area is 96.1 Å². The van der Waals surface area contributed by atoms with E-state index >= 15 is 0 Å². The second-order valence-electron chi connectivity index (χ2n) is 4.63. The number of nitrogens with zero attached hydrogens (tertiary/aromatic N) is 1. The molecule has 1 fully saturated rings. The molecule has 1 aliphatic carbocycles. The van der Waals surface area contributed by atoms with Crippen molar-refractivity contribution in [3.05, 3.63) is 16.6 Å². The zero-order valence-electron chi connectivity index (χ0n) is 9.57. The summed E-state index contributed by atoms with van der Waals surface area (Å²) >= 11 is 1.75. The molecular weight excluding hydrogens is 204 g/mol. The highest BCUT2D eigenvalue weighted by atomic mass is 32.1. The Morgan fingerprint density at radius 3 is 2.93 bits per heavy atom. The summed E-state index contributed by atoms with van der Waals surface area (Å²) in [6.45, 7) is 4.59. The van der Waals surface area contributed by atoms with E-state index in [9.17, 15) is 0 Å². The van der Waals surface area contributed by atoms with E-state index in [1.807, 2.05) is 6.20 Å². The van der Waals surface area contributed by atoms with Crippen LogP contribution in [-0.2, 0) is 0 Å². The first-order valence-electron chi connectivity index (χ1n) is 5.93. The predicted molar refractivity (Wildman–Crippen MR) is 65.1 cm³/mol. The van der Waals surface area contributed by atoms with E-state index in [4.69, 9.17) is 0 Å². The molecule has 1 heterocycles. The van der Waals surface area contributed by atoms with Crippen LogP contribution in [0.4, 0.5) is 0 Å². The highest BCUT2D eigenvalue weighted by molar-refractivity contribution is 7.09. The molecule has 1 aliphatic rings. The largest absolute Gasteiger partial charge is 0.305 e. The minimum Gasteiger partial charge on any atom is -0.305 e. The van der Waals surface area contributed by atoms with Gasteiger partial charge in [0.2, 0.25) is 0 Å². The summed E-state index contributed by atoms with van der Waals surface area (Å²) < 4.78 is 0. The second kappa shape index (κ2) is 5.08. The Morgan fingerprint density at radius 2 is 2.27 bits per heavy atom. The van der Waals surface area contributed by atoms with E-state index in [2.05, 4.69) is 29.5 Å². The summed E-state index contributed by atoms with van der Waals surface area (Å²) in [5.41, 5.74) is 0. The van der Waals surface area contributed by atoms with Crippen molar-refractivity contribution in [2.45, 2.75) is 51.6 Å². The van der Waals surface area contributed by atoms with Crippen molar-refractivity contribution in [1.29, 1.82) is 0 Å². The van der Waals surface area contributed by atoms with Gasteiger partial charge in [0.1, 0.15) is 5.01 Å². The number of thiazole rings is 1. The van der Waals surface area contributed by atoms with Crippen LogP contribution in [0.15, 0.2) is 11.6 Å². The smallest absolute Gasteiger partial charge is 0.109 e. The molecule has 3 heteroatoms. The van der Waals surface area contributed by atoms with Crippen molar-refractivity contribution in [3.63, 3.8) is 0 Å². The summed E-state index contributed by atoms with van der Waals surface area (Å²) in [6.07, 6.45) is 7.39. The van der Waals surface area contributed by atoms with Crippen LogP contribution in [0, 0.1) is 5.92 Å². The van der Waals surface area contributed by atoms with Crippen LogP contribution in [-0.4, -0.2) is 11.0 Å². The van der Waals surface area contributed by atoms with Crippen LogP contribution < -0.4 is 5.32 Å². The summed E-state index contributed by atoms with van der Waals surface area (Å²) in [6, 6.07) is 1.10. The zero-order valence-corrected chi connectivity index (χ0v) is 10.4. The van der Waals surface area contributed by atoms with Gasteiger partial charge in [-0.15, -0.1) is 11.3 Å². The molecule has 0 amide bonds. The fraction of sp³-hybridized carbons (Fsp3) is 0.750. The number of hydrogen-bond acceptors (Lipinski definition) is 3. The molecule has 0 bridgehead atoms. The number of aromatic nitrogens is 1. The van der Waals surface area contributed by atoms with E-state index in [-0.39, 0.29) is 0 Å². The monoisotopic (exact) mass is 224 g/mol. The van der Waals surface area contributed by atoms with E-state index in [0.29, 0.717) is 12.1 Å². The third-order valence-corrected chi connectivity index (χ3v) is 4.36. The molecule has 0 unspecified atom stereocenters. The molecule has 2 nitrogen and oxygen atoms in total. The van der Waals surface area contributed by atoms with Gasteiger partial charge in [0, 0.05) is 17.6 Å².